The van der Waals surface area contributed by atoms with Gasteiger partial charge in [-0.25, -0.2) is 13.4 Å². The molecule has 0 spiro atoms. The van der Waals surface area contributed by atoms with E-state index in [4.69, 9.17) is 0 Å². The van der Waals surface area contributed by atoms with Crippen LogP contribution in [0.15, 0.2) is 59.6 Å². The van der Waals surface area contributed by atoms with Crippen LogP contribution in [0.2, 0.25) is 0 Å². The third kappa shape index (κ3) is 5.58. The van der Waals surface area contributed by atoms with Gasteiger partial charge in [0.1, 0.15) is 0 Å². The second-order valence-electron chi connectivity index (χ2n) is 7.96. The van der Waals surface area contributed by atoms with Crippen molar-refractivity contribution in [2.75, 3.05) is 10.0 Å². The number of nitrogens with one attached hydrogen (secondary N) is 2. The van der Waals surface area contributed by atoms with E-state index in [1.807, 2.05) is 18.2 Å². The molecule has 2 aromatic carbocycles. The Morgan fingerprint density at radius 2 is 1.68 bits per heavy atom. The Bertz CT molecular complexity index is 1160. The first-order valence-corrected chi connectivity index (χ1v) is 12.1. The zero-order chi connectivity index (χ0) is 21.7. The Labute approximate surface area is 182 Å². The lowest BCUT2D eigenvalue weighted by atomic mass is 9.86. The highest BCUT2D eigenvalue weighted by atomic mass is 32.2. The van der Waals surface area contributed by atoms with E-state index < -0.39 is 10.0 Å². The molecule has 2 N–H and O–H groups in total. The second kappa shape index (κ2) is 9.43. The van der Waals surface area contributed by atoms with Crippen LogP contribution in [0.4, 0.5) is 11.5 Å². The first kappa shape index (κ1) is 21.2. The molecule has 1 fully saturated rings. The number of benzene rings is 2. The van der Waals surface area contributed by atoms with E-state index in [2.05, 4.69) is 20.0 Å². The number of nitrogens with zero attached hydrogens (tertiary/aromatic N) is 2. The Morgan fingerprint density at radius 1 is 0.968 bits per heavy atom. The minimum atomic E-state index is -3.82. The molecule has 1 aliphatic rings. The number of fused-ring (bicyclic) bond motifs is 1. The van der Waals surface area contributed by atoms with Crippen molar-refractivity contribution in [2.24, 2.45) is 5.92 Å². The summed E-state index contributed by atoms with van der Waals surface area (Å²) in [5, 5.41) is 2.85. The van der Waals surface area contributed by atoms with Crippen molar-refractivity contribution in [1.82, 2.24) is 9.97 Å². The zero-order valence-corrected chi connectivity index (χ0v) is 18.1. The van der Waals surface area contributed by atoms with E-state index >= 15 is 0 Å². The Balaban J connectivity index is 1.36. The van der Waals surface area contributed by atoms with Gasteiger partial charge in [0.25, 0.3) is 10.0 Å². The van der Waals surface area contributed by atoms with Crippen LogP contribution in [-0.2, 0) is 14.8 Å². The van der Waals surface area contributed by atoms with E-state index in [0.29, 0.717) is 29.1 Å². The maximum atomic E-state index is 12.7. The van der Waals surface area contributed by atoms with Crippen LogP contribution in [0.3, 0.4) is 0 Å². The average Bonchev–Trinajstić information content (AvgIpc) is 2.78. The molecule has 0 atom stereocenters. The highest BCUT2D eigenvalue weighted by molar-refractivity contribution is 7.92. The number of sulfonamides is 1. The number of anilines is 2. The molecule has 0 bridgehead atoms. The number of amides is 1. The maximum Gasteiger partial charge on any atom is 0.263 e. The number of hydrogen-bond donors (Lipinski definition) is 2. The summed E-state index contributed by atoms with van der Waals surface area (Å²) in [6.07, 6.45) is 9.06. The third-order valence-electron chi connectivity index (χ3n) is 5.64. The summed E-state index contributed by atoms with van der Waals surface area (Å²) in [6.45, 7) is 0. The largest absolute Gasteiger partial charge is 0.326 e. The van der Waals surface area contributed by atoms with Crippen LogP contribution in [0.25, 0.3) is 11.0 Å². The number of carbonyl (C=O) groups excluding carboxylic acids is 1. The van der Waals surface area contributed by atoms with Crippen LogP contribution < -0.4 is 10.0 Å². The van der Waals surface area contributed by atoms with Gasteiger partial charge in [-0.2, -0.15) is 0 Å². The van der Waals surface area contributed by atoms with Crippen molar-refractivity contribution in [3.8, 4) is 0 Å². The topological polar surface area (TPSA) is 101 Å². The molecule has 0 radical (unpaired) electrons. The number of para-hydroxylation sites is 2. The number of aromatic nitrogens is 2. The summed E-state index contributed by atoms with van der Waals surface area (Å²) in [4.78, 5) is 20.8. The van der Waals surface area contributed by atoms with Crippen LogP contribution in [-0.4, -0.2) is 24.3 Å². The first-order chi connectivity index (χ1) is 15.0. The predicted molar refractivity (Wildman–Crippen MR) is 121 cm³/mol. The van der Waals surface area contributed by atoms with E-state index in [0.717, 1.165) is 6.42 Å². The quantitative estimate of drug-likeness (QED) is 0.555. The molecule has 1 amide bonds. The summed E-state index contributed by atoms with van der Waals surface area (Å²) >= 11 is 0. The lowest BCUT2D eigenvalue weighted by molar-refractivity contribution is -0.116. The van der Waals surface area contributed by atoms with Crippen LogP contribution in [0.5, 0.6) is 0 Å². The molecular formula is C23H26N4O3S. The molecule has 1 heterocycles. The van der Waals surface area contributed by atoms with Crippen molar-refractivity contribution in [2.45, 2.75) is 49.8 Å². The highest BCUT2D eigenvalue weighted by Gasteiger charge is 2.17. The van der Waals surface area contributed by atoms with Crippen LogP contribution in [0, 0.1) is 5.92 Å². The molecule has 7 nitrogen and oxygen atoms in total. The Kier molecular flexibility index (Phi) is 6.46. The fraction of sp³-hybridized carbons (Fsp3) is 0.348. The minimum absolute atomic E-state index is 0.0363. The molecule has 162 valence electrons. The zero-order valence-electron chi connectivity index (χ0n) is 17.3. The van der Waals surface area contributed by atoms with Gasteiger partial charge in [-0.15, -0.1) is 0 Å². The van der Waals surface area contributed by atoms with Gasteiger partial charge in [0.15, 0.2) is 5.82 Å². The molecule has 0 unspecified atom stereocenters. The van der Waals surface area contributed by atoms with Gasteiger partial charge < -0.3 is 5.32 Å². The summed E-state index contributed by atoms with van der Waals surface area (Å²) in [6, 6.07) is 13.4. The van der Waals surface area contributed by atoms with Crippen molar-refractivity contribution < 1.29 is 13.2 Å². The second-order valence-corrected chi connectivity index (χ2v) is 9.65. The lowest BCUT2D eigenvalue weighted by Gasteiger charge is -2.21. The first-order valence-electron chi connectivity index (χ1n) is 10.6. The SMILES string of the molecule is O=C(CCC1CCCCC1)Nc1ccc(S(=O)(=O)Nc2cnc3ccccc3n2)cc1. The molecule has 1 aliphatic carbocycles. The summed E-state index contributed by atoms with van der Waals surface area (Å²) in [5.74, 6) is 0.765. The minimum Gasteiger partial charge on any atom is -0.326 e. The van der Waals surface area contributed by atoms with Crippen molar-refractivity contribution in [3.63, 3.8) is 0 Å². The van der Waals surface area contributed by atoms with Crippen molar-refractivity contribution >= 4 is 38.5 Å². The van der Waals surface area contributed by atoms with Crippen molar-refractivity contribution in [1.29, 1.82) is 0 Å². The molecule has 8 heteroatoms. The Hall–Kier alpha value is -3.00. The molecule has 3 aromatic rings. The summed E-state index contributed by atoms with van der Waals surface area (Å²) in [5.41, 5.74) is 1.88. The number of rotatable bonds is 7. The fourth-order valence-corrected chi connectivity index (χ4v) is 4.94. The molecule has 4 rings (SSSR count). The molecule has 0 saturated heterocycles. The van der Waals surface area contributed by atoms with Gasteiger partial charge in [0, 0.05) is 12.1 Å². The van der Waals surface area contributed by atoms with E-state index in [1.165, 1.54) is 50.4 Å². The lowest BCUT2D eigenvalue weighted by Crippen LogP contribution is -2.16. The van der Waals surface area contributed by atoms with Gasteiger partial charge in [0.2, 0.25) is 5.91 Å². The monoisotopic (exact) mass is 438 g/mol. The van der Waals surface area contributed by atoms with E-state index in [1.54, 1.807) is 18.2 Å². The van der Waals surface area contributed by atoms with Crippen molar-refractivity contribution in [3.05, 3.63) is 54.7 Å². The van der Waals surface area contributed by atoms with Gasteiger partial charge in [-0.1, -0.05) is 44.2 Å². The average molecular weight is 439 g/mol. The number of hydrogen-bond acceptors (Lipinski definition) is 5. The third-order valence-corrected chi connectivity index (χ3v) is 7.01. The summed E-state index contributed by atoms with van der Waals surface area (Å²) < 4.78 is 27.8. The standard InChI is InChI=1S/C23H26N4O3S/c28-23(15-10-17-6-2-1-3-7-17)25-18-11-13-19(14-12-18)31(29,30)27-22-16-24-20-8-4-5-9-21(20)26-22/h4-5,8-9,11-14,16-17H,1-3,6-7,10,15H2,(H,25,28)(H,26,27). The molecular weight excluding hydrogens is 412 g/mol. The van der Waals surface area contributed by atoms with Crippen LogP contribution >= 0.6 is 0 Å². The van der Waals surface area contributed by atoms with E-state index in [-0.39, 0.29) is 16.6 Å². The van der Waals surface area contributed by atoms with Crippen LogP contribution in [0.1, 0.15) is 44.9 Å². The van der Waals surface area contributed by atoms with E-state index in [9.17, 15) is 13.2 Å². The maximum absolute atomic E-state index is 12.7. The van der Waals surface area contributed by atoms with Gasteiger partial charge in [-0.05, 0) is 48.7 Å². The number of carbonyl (C=O) groups is 1. The fourth-order valence-electron chi connectivity index (χ4n) is 3.95. The van der Waals surface area contributed by atoms with Gasteiger partial charge >= 0.3 is 0 Å². The Morgan fingerprint density at radius 3 is 2.42 bits per heavy atom. The molecule has 1 saturated carbocycles. The highest BCUT2D eigenvalue weighted by Crippen LogP contribution is 2.27. The van der Waals surface area contributed by atoms with Gasteiger partial charge in [0.05, 0.1) is 22.1 Å². The smallest absolute Gasteiger partial charge is 0.263 e. The molecule has 1 aromatic heterocycles. The molecule has 31 heavy (non-hydrogen) atoms. The summed E-state index contributed by atoms with van der Waals surface area (Å²) in [7, 11) is -3.82. The molecule has 0 aliphatic heterocycles. The van der Waals surface area contributed by atoms with Gasteiger partial charge in [-0.3, -0.25) is 14.5 Å². The predicted octanol–water partition coefficient (Wildman–Crippen LogP) is 4.73. The normalized spacial score (nSPS) is 15.0.